The van der Waals surface area contributed by atoms with Crippen LogP contribution in [0, 0.1) is 0 Å². The van der Waals surface area contributed by atoms with E-state index in [9.17, 15) is 18.0 Å². The molecule has 0 aliphatic rings. The largest absolute Gasteiger partial charge is 0.466 e. The summed E-state index contributed by atoms with van der Waals surface area (Å²) < 4.78 is 30.7. The number of aldehydes is 1. The van der Waals surface area contributed by atoms with Gasteiger partial charge in [0.25, 0.3) is 0 Å². The number of ether oxygens (including phenoxy) is 1. The maximum atomic E-state index is 12.2. The summed E-state index contributed by atoms with van der Waals surface area (Å²) in [6.45, 7) is 2.94. The predicted molar refractivity (Wildman–Crippen MR) is 120 cm³/mol. The van der Waals surface area contributed by atoms with Crippen LogP contribution in [0.25, 0.3) is 10.4 Å². The topological polar surface area (TPSA) is 80.8 Å². The minimum Gasteiger partial charge on any atom is -0.466 e. The Bertz CT molecular complexity index is 919. The second-order valence-electron chi connectivity index (χ2n) is 7.09. The zero-order chi connectivity index (χ0) is 22.0. The molecule has 0 spiro atoms. The summed E-state index contributed by atoms with van der Waals surface area (Å²) in [5, 5.41) is 1.88. The van der Waals surface area contributed by atoms with Gasteiger partial charge in [-0.05, 0) is 42.3 Å². The number of hydrogen-bond acceptors (Lipinski definition) is 6. The molecule has 2 aromatic rings. The van der Waals surface area contributed by atoms with Gasteiger partial charge in [-0.15, -0.1) is 11.3 Å². The van der Waals surface area contributed by atoms with Crippen molar-refractivity contribution >= 4 is 33.6 Å². The molecule has 164 valence electrons. The first-order valence-corrected chi connectivity index (χ1v) is 12.8. The van der Waals surface area contributed by atoms with Crippen LogP contribution in [0.15, 0.2) is 35.7 Å². The maximum absolute atomic E-state index is 12.2. The summed E-state index contributed by atoms with van der Waals surface area (Å²) in [5.74, 6) is -0.179. The molecule has 6 nitrogen and oxygen atoms in total. The van der Waals surface area contributed by atoms with Crippen LogP contribution in [0.5, 0.6) is 0 Å². The van der Waals surface area contributed by atoms with Crippen LogP contribution in [0.1, 0.15) is 54.9 Å². The van der Waals surface area contributed by atoms with Crippen LogP contribution in [0.2, 0.25) is 0 Å². The van der Waals surface area contributed by atoms with Crippen molar-refractivity contribution in [3.8, 4) is 10.4 Å². The van der Waals surface area contributed by atoms with E-state index >= 15 is 0 Å². The van der Waals surface area contributed by atoms with Crippen LogP contribution in [-0.4, -0.2) is 44.4 Å². The lowest BCUT2D eigenvalue weighted by Crippen LogP contribution is -2.30. The Balaban J connectivity index is 1.87. The number of carbonyl (C=O) groups is 2. The van der Waals surface area contributed by atoms with Gasteiger partial charge in [0.05, 0.1) is 12.9 Å². The second kappa shape index (κ2) is 12.0. The predicted octanol–water partition coefficient (Wildman–Crippen LogP) is 4.50. The van der Waals surface area contributed by atoms with Crippen molar-refractivity contribution in [3.05, 3.63) is 46.8 Å². The van der Waals surface area contributed by atoms with Crippen molar-refractivity contribution in [2.45, 2.75) is 45.6 Å². The van der Waals surface area contributed by atoms with Crippen molar-refractivity contribution in [1.29, 1.82) is 0 Å². The fourth-order valence-electron chi connectivity index (χ4n) is 3.12. The number of unbranched alkanes of at least 4 members (excludes halogenated alkanes) is 3. The first kappa shape index (κ1) is 24.2. The fraction of sp³-hybridized carbons (Fsp3) is 0.455. The zero-order valence-electron chi connectivity index (χ0n) is 17.5. The molecule has 0 radical (unpaired) electrons. The third kappa shape index (κ3) is 7.66. The van der Waals surface area contributed by atoms with Gasteiger partial charge in [0.2, 0.25) is 10.0 Å². The Morgan fingerprint density at radius 2 is 1.80 bits per heavy atom. The number of esters is 1. The number of hydrogen-bond donors (Lipinski definition) is 0. The zero-order valence-corrected chi connectivity index (χ0v) is 19.1. The standard InChI is InChI=1S/C22H29NO5S2/c1-3-28-21(25)8-6-4-5-7-14-23(30(2,26)27)16-18-9-11-19(12-10-18)22-20(17-24)13-15-29-22/h9-13,15,17H,3-8,14,16H2,1-2H3. The Hall–Kier alpha value is -2.03. The van der Waals surface area contributed by atoms with Gasteiger partial charge in [-0.3, -0.25) is 9.59 Å². The van der Waals surface area contributed by atoms with E-state index in [4.69, 9.17) is 4.74 Å². The van der Waals surface area contributed by atoms with E-state index in [1.807, 2.05) is 29.6 Å². The number of carbonyl (C=O) groups excluding carboxylic acids is 2. The lowest BCUT2D eigenvalue weighted by Gasteiger charge is -2.20. The molecule has 0 saturated heterocycles. The second-order valence-corrected chi connectivity index (χ2v) is 9.98. The van der Waals surface area contributed by atoms with E-state index < -0.39 is 10.0 Å². The monoisotopic (exact) mass is 451 g/mol. The SMILES string of the molecule is CCOC(=O)CCCCCCN(Cc1ccc(-c2sccc2C=O)cc1)S(C)(=O)=O. The van der Waals surface area contributed by atoms with E-state index in [1.165, 1.54) is 21.9 Å². The number of rotatable bonds is 13. The third-order valence-corrected chi connectivity index (χ3v) is 6.94. The number of thiophene rings is 1. The van der Waals surface area contributed by atoms with Gasteiger partial charge in [-0.2, -0.15) is 4.31 Å². The highest BCUT2D eigenvalue weighted by Gasteiger charge is 2.17. The Morgan fingerprint density at radius 3 is 2.43 bits per heavy atom. The van der Waals surface area contributed by atoms with Gasteiger partial charge in [0.1, 0.15) is 0 Å². The molecular weight excluding hydrogens is 422 g/mol. The van der Waals surface area contributed by atoms with E-state index in [0.29, 0.717) is 31.7 Å². The molecule has 0 N–H and O–H groups in total. The van der Waals surface area contributed by atoms with Gasteiger partial charge in [-0.25, -0.2) is 8.42 Å². The summed E-state index contributed by atoms with van der Waals surface area (Å²) in [6.07, 6.45) is 5.70. The smallest absolute Gasteiger partial charge is 0.305 e. The molecular formula is C22H29NO5S2. The quantitative estimate of drug-likeness (QED) is 0.254. The minimum absolute atomic E-state index is 0.179. The van der Waals surface area contributed by atoms with Gasteiger partial charge in [0.15, 0.2) is 6.29 Å². The minimum atomic E-state index is -3.33. The van der Waals surface area contributed by atoms with E-state index in [1.54, 1.807) is 13.0 Å². The lowest BCUT2D eigenvalue weighted by atomic mass is 10.1. The Labute approximate surface area is 182 Å². The normalized spacial score (nSPS) is 11.6. The Morgan fingerprint density at radius 1 is 1.10 bits per heavy atom. The molecule has 8 heteroatoms. The molecule has 0 atom stereocenters. The summed E-state index contributed by atoms with van der Waals surface area (Å²) in [4.78, 5) is 23.4. The Kier molecular flexibility index (Phi) is 9.68. The molecule has 0 fully saturated rings. The van der Waals surface area contributed by atoms with Crippen LogP contribution in [0.3, 0.4) is 0 Å². The van der Waals surface area contributed by atoms with E-state index in [2.05, 4.69) is 0 Å². The molecule has 0 aliphatic carbocycles. The van der Waals surface area contributed by atoms with Crippen molar-refractivity contribution in [1.82, 2.24) is 4.31 Å². The highest BCUT2D eigenvalue weighted by Crippen LogP contribution is 2.29. The van der Waals surface area contributed by atoms with Gasteiger partial charge >= 0.3 is 5.97 Å². The van der Waals surface area contributed by atoms with E-state index in [0.717, 1.165) is 48.0 Å². The van der Waals surface area contributed by atoms with Crippen molar-refractivity contribution in [2.75, 3.05) is 19.4 Å². The number of sulfonamides is 1. The van der Waals surface area contributed by atoms with Crippen LogP contribution in [0.4, 0.5) is 0 Å². The average Bonchev–Trinajstić information content (AvgIpc) is 3.18. The molecule has 0 aliphatic heterocycles. The highest BCUT2D eigenvalue weighted by molar-refractivity contribution is 7.88. The molecule has 0 amide bonds. The molecule has 2 rings (SSSR count). The van der Waals surface area contributed by atoms with Crippen LogP contribution < -0.4 is 0 Å². The maximum Gasteiger partial charge on any atom is 0.305 e. The molecule has 1 aromatic heterocycles. The fourth-order valence-corrected chi connectivity index (χ4v) is 4.84. The van der Waals surface area contributed by atoms with Gasteiger partial charge in [-0.1, -0.05) is 37.1 Å². The average molecular weight is 452 g/mol. The molecule has 0 saturated carbocycles. The van der Waals surface area contributed by atoms with E-state index in [-0.39, 0.29) is 5.97 Å². The van der Waals surface area contributed by atoms with Crippen molar-refractivity contribution in [3.63, 3.8) is 0 Å². The highest BCUT2D eigenvalue weighted by atomic mass is 32.2. The first-order chi connectivity index (χ1) is 14.3. The molecule has 0 bridgehead atoms. The molecule has 1 aromatic carbocycles. The molecule has 30 heavy (non-hydrogen) atoms. The summed E-state index contributed by atoms with van der Waals surface area (Å²) in [5.41, 5.74) is 2.51. The first-order valence-electron chi connectivity index (χ1n) is 10.1. The summed E-state index contributed by atoms with van der Waals surface area (Å²) >= 11 is 1.51. The number of nitrogens with zero attached hydrogens (tertiary/aromatic N) is 1. The van der Waals surface area contributed by atoms with Crippen LogP contribution >= 0.6 is 11.3 Å². The van der Waals surface area contributed by atoms with Crippen LogP contribution in [-0.2, 0) is 26.1 Å². The molecule has 1 heterocycles. The third-order valence-electron chi connectivity index (χ3n) is 4.71. The molecule has 0 unspecified atom stereocenters. The van der Waals surface area contributed by atoms with Gasteiger partial charge < -0.3 is 4.74 Å². The van der Waals surface area contributed by atoms with Crippen molar-refractivity contribution in [2.24, 2.45) is 0 Å². The summed E-state index contributed by atoms with van der Waals surface area (Å²) in [7, 11) is -3.33. The van der Waals surface area contributed by atoms with Gasteiger partial charge in [0, 0.05) is 30.0 Å². The summed E-state index contributed by atoms with van der Waals surface area (Å²) in [6, 6.07) is 9.44. The number of benzene rings is 1. The lowest BCUT2D eigenvalue weighted by molar-refractivity contribution is -0.143. The van der Waals surface area contributed by atoms with Crippen molar-refractivity contribution < 1.29 is 22.7 Å².